The molecule has 0 N–H and O–H groups in total. The highest BCUT2D eigenvalue weighted by Gasteiger charge is 2.33. The normalized spacial score (nSPS) is 14.6. The van der Waals surface area contributed by atoms with Crippen molar-refractivity contribution >= 4 is 5.91 Å². The number of nitrogens with zero attached hydrogens (tertiary/aromatic N) is 2. The van der Waals surface area contributed by atoms with Gasteiger partial charge in [-0.3, -0.25) is 4.79 Å². The van der Waals surface area contributed by atoms with E-state index in [1.165, 1.54) is 24.3 Å². The zero-order valence-corrected chi connectivity index (χ0v) is 20.9. The molecule has 3 aromatic carbocycles. The molecule has 4 rings (SSSR count). The maximum atomic E-state index is 14.2. The minimum atomic E-state index is -0.721. The van der Waals surface area contributed by atoms with Gasteiger partial charge in [-0.05, 0) is 73.5 Å². The lowest BCUT2D eigenvalue weighted by atomic mass is 9.89. The van der Waals surface area contributed by atoms with Crippen molar-refractivity contribution in [3.63, 3.8) is 0 Å². The fourth-order valence-corrected chi connectivity index (χ4v) is 4.88. The third-order valence-electron chi connectivity index (χ3n) is 6.90. The van der Waals surface area contributed by atoms with Crippen molar-refractivity contribution in [2.45, 2.75) is 24.8 Å². The molecular weight excluding hydrogens is 462 g/mol. The summed E-state index contributed by atoms with van der Waals surface area (Å²) in [6, 6.07) is 17.1. The molecule has 0 unspecified atom stereocenters. The summed E-state index contributed by atoms with van der Waals surface area (Å²) in [4.78, 5) is 18.3. The molecule has 5 nitrogen and oxygen atoms in total. The Balaban J connectivity index is 1.75. The number of benzene rings is 3. The van der Waals surface area contributed by atoms with Crippen LogP contribution in [0, 0.1) is 11.6 Å². The van der Waals surface area contributed by atoms with Gasteiger partial charge in [-0.2, -0.15) is 0 Å². The fourth-order valence-electron chi connectivity index (χ4n) is 4.88. The Hall–Kier alpha value is -3.45. The maximum Gasteiger partial charge on any atom is 0.234 e. The van der Waals surface area contributed by atoms with Crippen LogP contribution in [-0.2, 0) is 4.79 Å². The third kappa shape index (κ3) is 5.68. The molecule has 0 aliphatic carbocycles. The molecule has 3 aromatic rings. The number of hydrogen-bond donors (Lipinski definition) is 0. The largest absolute Gasteiger partial charge is 0.497 e. The van der Waals surface area contributed by atoms with Crippen LogP contribution in [0.1, 0.15) is 41.5 Å². The summed E-state index contributed by atoms with van der Waals surface area (Å²) in [7, 11) is 4.99. The summed E-state index contributed by atoms with van der Waals surface area (Å²) in [6.07, 6.45) is 2.25. The first-order chi connectivity index (χ1) is 17.4. The van der Waals surface area contributed by atoms with E-state index in [-0.39, 0.29) is 23.6 Å². The van der Waals surface area contributed by atoms with E-state index in [1.54, 1.807) is 50.4 Å². The number of carbonyl (C=O) groups excluding carboxylic acids is 1. The van der Waals surface area contributed by atoms with Crippen molar-refractivity contribution in [1.29, 1.82) is 0 Å². The van der Waals surface area contributed by atoms with E-state index in [4.69, 9.17) is 9.47 Å². The van der Waals surface area contributed by atoms with E-state index < -0.39 is 5.92 Å². The minimum absolute atomic E-state index is 0.171. The predicted molar refractivity (Wildman–Crippen MR) is 135 cm³/mol. The minimum Gasteiger partial charge on any atom is -0.497 e. The van der Waals surface area contributed by atoms with Gasteiger partial charge in [0.1, 0.15) is 23.1 Å². The standard InChI is InChI=1S/C29H32F2N2O3/c1-32(26(19-33-16-4-5-17-33)25-15-14-24(35-2)18-27(25)36-3)29(34)28(20-6-10-22(30)11-7-20)21-8-12-23(31)13-9-21/h6-15,18,26,28H,4-5,16-17,19H2,1-3H3/t26-/m1/s1. The number of ether oxygens (including phenoxy) is 2. The van der Waals surface area contributed by atoms with Gasteiger partial charge in [0.25, 0.3) is 0 Å². The molecule has 190 valence electrons. The Morgan fingerprint density at radius 3 is 1.94 bits per heavy atom. The van der Waals surface area contributed by atoms with Gasteiger partial charge in [-0.15, -0.1) is 0 Å². The van der Waals surface area contributed by atoms with Gasteiger partial charge in [0.05, 0.1) is 26.2 Å². The Labute approximate surface area is 211 Å². The highest BCUT2D eigenvalue weighted by molar-refractivity contribution is 5.87. The molecule has 1 atom stereocenters. The number of rotatable bonds is 9. The summed E-state index contributed by atoms with van der Waals surface area (Å²) in [5, 5.41) is 0. The Morgan fingerprint density at radius 2 is 1.44 bits per heavy atom. The molecule has 1 amide bonds. The van der Waals surface area contributed by atoms with Crippen molar-refractivity contribution in [2.75, 3.05) is 40.9 Å². The van der Waals surface area contributed by atoms with Crippen molar-refractivity contribution in [3.05, 3.63) is 95.1 Å². The van der Waals surface area contributed by atoms with E-state index in [0.717, 1.165) is 31.5 Å². The first-order valence-electron chi connectivity index (χ1n) is 12.1. The number of halogens is 2. The first-order valence-corrected chi connectivity index (χ1v) is 12.1. The molecule has 36 heavy (non-hydrogen) atoms. The highest BCUT2D eigenvalue weighted by Crippen LogP contribution is 2.36. The molecule has 1 aliphatic rings. The van der Waals surface area contributed by atoms with Crippen LogP contribution in [0.25, 0.3) is 0 Å². The van der Waals surface area contributed by atoms with Crippen molar-refractivity contribution in [2.24, 2.45) is 0 Å². The average Bonchev–Trinajstić information content (AvgIpc) is 3.42. The quantitative estimate of drug-likeness (QED) is 0.399. The van der Waals surface area contributed by atoms with Gasteiger partial charge >= 0.3 is 0 Å². The van der Waals surface area contributed by atoms with Crippen molar-refractivity contribution in [1.82, 2.24) is 9.80 Å². The smallest absolute Gasteiger partial charge is 0.234 e. The topological polar surface area (TPSA) is 42.0 Å². The number of amides is 1. The maximum absolute atomic E-state index is 14.2. The monoisotopic (exact) mass is 494 g/mol. The summed E-state index contributed by atoms with van der Waals surface area (Å²) >= 11 is 0. The van der Waals surface area contributed by atoms with Gasteiger partial charge in [0.15, 0.2) is 0 Å². The fraction of sp³-hybridized carbons (Fsp3) is 0.345. The lowest BCUT2D eigenvalue weighted by Gasteiger charge is -2.35. The van der Waals surface area contributed by atoms with Gasteiger partial charge in [0.2, 0.25) is 5.91 Å². The van der Waals surface area contributed by atoms with Crippen LogP contribution >= 0.6 is 0 Å². The van der Waals surface area contributed by atoms with Crippen molar-refractivity contribution < 1.29 is 23.0 Å². The van der Waals surface area contributed by atoms with Crippen LogP contribution < -0.4 is 9.47 Å². The zero-order chi connectivity index (χ0) is 25.7. The molecular formula is C29H32F2N2O3. The predicted octanol–water partition coefficient (Wildman–Crippen LogP) is 5.41. The van der Waals surface area contributed by atoms with Crippen LogP contribution in [0.4, 0.5) is 8.78 Å². The summed E-state index contributed by atoms with van der Waals surface area (Å²) < 4.78 is 38.5. The summed E-state index contributed by atoms with van der Waals surface area (Å²) in [6.45, 7) is 2.58. The molecule has 7 heteroatoms. The van der Waals surface area contributed by atoms with Gasteiger partial charge in [0, 0.05) is 25.2 Å². The number of hydrogen-bond acceptors (Lipinski definition) is 4. The average molecular weight is 495 g/mol. The molecule has 0 spiro atoms. The van der Waals surface area contributed by atoms with E-state index in [9.17, 15) is 13.6 Å². The van der Waals surface area contributed by atoms with Crippen LogP contribution in [-0.4, -0.2) is 56.6 Å². The SMILES string of the molecule is COc1ccc([C@@H](CN2CCCC2)N(C)C(=O)C(c2ccc(F)cc2)c2ccc(F)cc2)c(OC)c1. The molecule has 0 aromatic heterocycles. The Kier molecular flexibility index (Phi) is 8.21. The molecule has 1 aliphatic heterocycles. The molecule has 1 saturated heterocycles. The second-order valence-electron chi connectivity index (χ2n) is 9.12. The number of methoxy groups -OCH3 is 2. The second kappa shape index (κ2) is 11.5. The van der Waals surface area contributed by atoms with Crippen LogP contribution in [0.2, 0.25) is 0 Å². The van der Waals surface area contributed by atoms with Crippen molar-refractivity contribution in [3.8, 4) is 11.5 Å². The lowest BCUT2D eigenvalue weighted by molar-refractivity contribution is -0.133. The van der Waals surface area contributed by atoms with Crippen LogP contribution in [0.5, 0.6) is 11.5 Å². The second-order valence-corrected chi connectivity index (χ2v) is 9.12. The van der Waals surface area contributed by atoms with Gasteiger partial charge < -0.3 is 19.3 Å². The highest BCUT2D eigenvalue weighted by atomic mass is 19.1. The molecule has 0 bridgehead atoms. The Morgan fingerprint density at radius 1 is 0.889 bits per heavy atom. The number of likely N-dealkylation sites (N-methyl/N-ethyl adjacent to an activating group) is 1. The first kappa shape index (κ1) is 25.6. The van der Waals surface area contributed by atoms with Crippen LogP contribution in [0.3, 0.4) is 0 Å². The third-order valence-corrected chi connectivity index (χ3v) is 6.90. The Bertz CT molecular complexity index is 1120. The van der Waals surface area contributed by atoms with Crippen LogP contribution in [0.15, 0.2) is 66.7 Å². The molecule has 0 radical (unpaired) electrons. The molecule has 1 heterocycles. The zero-order valence-electron chi connectivity index (χ0n) is 20.9. The lowest BCUT2D eigenvalue weighted by Crippen LogP contribution is -2.41. The summed E-state index contributed by atoms with van der Waals surface area (Å²) in [5.74, 6) is -0.352. The van der Waals surface area contributed by atoms with E-state index >= 15 is 0 Å². The molecule has 1 fully saturated rings. The molecule has 0 saturated carbocycles. The van der Waals surface area contributed by atoms with Gasteiger partial charge in [-0.1, -0.05) is 24.3 Å². The van der Waals surface area contributed by atoms with Gasteiger partial charge in [-0.25, -0.2) is 8.78 Å². The van der Waals surface area contributed by atoms with E-state index in [2.05, 4.69) is 4.90 Å². The number of carbonyl (C=O) groups is 1. The summed E-state index contributed by atoms with van der Waals surface area (Å²) in [5.41, 5.74) is 2.15. The number of likely N-dealkylation sites (tertiary alicyclic amines) is 1. The van der Waals surface area contributed by atoms with E-state index in [0.29, 0.717) is 29.2 Å². The van der Waals surface area contributed by atoms with E-state index in [1.807, 2.05) is 18.2 Å².